The lowest BCUT2D eigenvalue weighted by Gasteiger charge is -2.15. The molecule has 0 fully saturated rings. The number of benzene rings is 3. The summed E-state index contributed by atoms with van der Waals surface area (Å²) < 4.78 is 12.0. The van der Waals surface area contributed by atoms with E-state index in [9.17, 15) is 5.11 Å². The molecule has 0 unspecified atom stereocenters. The van der Waals surface area contributed by atoms with E-state index in [0.29, 0.717) is 28.8 Å². The Bertz CT molecular complexity index is 1130. The number of rotatable bonds is 5. The summed E-state index contributed by atoms with van der Waals surface area (Å²) in [6.45, 7) is 3.93. The van der Waals surface area contributed by atoms with Crippen LogP contribution >= 0.6 is 0 Å². The maximum Gasteiger partial charge on any atom is 0.230 e. The first-order valence-electron chi connectivity index (χ1n) is 9.10. The molecule has 0 aliphatic carbocycles. The normalized spacial score (nSPS) is 11.0. The number of para-hydroxylation sites is 4. The summed E-state index contributed by atoms with van der Waals surface area (Å²) in [6.07, 6.45) is 0.0173. The molecule has 0 aliphatic rings. The van der Waals surface area contributed by atoms with Gasteiger partial charge in [0.2, 0.25) is 5.88 Å². The monoisotopic (exact) mass is 372 g/mol. The molecule has 0 radical (unpaired) electrons. The number of fused-ring (bicyclic) bond motifs is 1. The molecule has 1 aromatic heterocycles. The second kappa shape index (κ2) is 7.56. The van der Waals surface area contributed by atoms with E-state index in [1.807, 2.05) is 68.4 Å². The number of aromatic nitrogens is 2. The van der Waals surface area contributed by atoms with Gasteiger partial charge in [-0.05, 0) is 50.2 Å². The fourth-order valence-electron chi connectivity index (χ4n) is 2.90. The second-order valence-corrected chi connectivity index (χ2v) is 6.60. The van der Waals surface area contributed by atoms with Crippen molar-refractivity contribution in [3.8, 4) is 34.5 Å². The Hall–Kier alpha value is -3.60. The van der Waals surface area contributed by atoms with E-state index in [1.54, 1.807) is 18.2 Å². The number of nitrogens with zero attached hydrogens (tertiary/aromatic N) is 2. The van der Waals surface area contributed by atoms with Crippen molar-refractivity contribution in [1.82, 2.24) is 9.97 Å². The van der Waals surface area contributed by atoms with Gasteiger partial charge < -0.3 is 14.6 Å². The minimum atomic E-state index is 0.0173. The van der Waals surface area contributed by atoms with E-state index in [-0.39, 0.29) is 11.9 Å². The summed E-state index contributed by atoms with van der Waals surface area (Å²) in [5, 5.41) is 11.0. The van der Waals surface area contributed by atoms with Gasteiger partial charge >= 0.3 is 0 Å². The maximum absolute atomic E-state index is 10.2. The van der Waals surface area contributed by atoms with Gasteiger partial charge in [-0.2, -0.15) is 4.98 Å². The highest BCUT2D eigenvalue weighted by Gasteiger charge is 2.15. The summed E-state index contributed by atoms with van der Waals surface area (Å²) >= 11 is 0. The second-order valence-electron chi connectivity index (χ2n) is 6.60. The van der Waals surface area contributed by atoms with Crippen molar-refractivity contribution in [2.75, 3.05) is 0 Å². The van der Waals surface area contributed by atoms with E-state index in [4.69, 9.17) is 9.47 Å². The lowest BCUT2D eigenvalue weighted by molar-refractivity contribution is 0.233. The Labute approximate surface area is 163 Å². The minimum Gasteiger partial charge on any atom is -0.507 e. The first-order chi connectivity index (χ1) is 13.6. The van der Waals surface area contributed by atoms with Gasteiger partial charge in [0.1, 0.15) is 5.75 Å². The number of phenolic OH excluding ortho intramolecular Hbond substituents is 1. The molecule has 3 aromatic carbocycles. The van der Waals surface area contributed by atoms with Gasteiger partial charge in [0, 0.05) is 0 Å². The lowest BCUT2D eigenvalue weighted by atomic mass is 10.1. The van der Waals surface area contributed by atoms with Crippen molar-refractivity contribution in [3.05, 3.63) is 72.8 Å². The van der Waals surface area contributed by atoms with Gasteiger partial charge in [-0.1, -0.05) is 36.4 Å². The molecule has 4 aromatic rings. The van der Waals surface area contributed by atoms with Gasteiger partial charge in [-0.15, -0.1) is 0 Å². The highest BCUT2D eigenvalue weighted by atomic mass is 16.5. The molecule has 0 aliphatic heterocycles. The van der Waals surface area contributed by atoms with Crippen LogP contribution in [0.1, 0.15) is 13.8 Å². The zero-order valence-corrected chi connectivity index (χ0v) is 15.7. The van der Waals surface area contributed by atoms with Crippen molar-refractivity contribution < 1.29 is 14.6 Å². The molecular formula is C23H20N2O3. The van der Waals surface area contributed by atoms with Crippen LogP contribution in [-0.2, 0) is 0 Å². The summed E-state index contributed by atoms with van der Waals surface area (Å²) in [5.41, 5.74) is 1.28. The molecule has 0 spiro atoms. The maximum atomic E-state index is 10.2. The Kier molecular flexibility index (Phi) is 4.81. The van der Waals surface area contributed by atoms with Crippen LogP contribution in [0, 0.1) is 0 Å². The van der Waals surface area contributed by atoms with Crippen molar-refractivity contribution in [3.63, 3.8) is 0 Å². The molecule has 1 N–H and O–H groups in total. The number of hydrogen-bond acceptors (Lipinski definition) is 5. The van der Waals surface area contributed by atoms with Crippen LogP contribution in [0.25, 0.3) is 22.3 Å². The van der Waals surface area contributed by atoms with E-state index < -0.39 is 0 Å². The van der Waals surface area contributed by atoms with E-state index >= 15 is 0 Å². The molecular weight excluding hydrogens is 352 g/mol. The number of ether oxygens (including phenoxy) is 2. The molecule has 0 saturated heterocycles. The molecule has 5 heteroatoms. The van der Waals surface area contributed by atoms with Gasteiger partial charge in [0.05, 0.1) is 22.6 Å². The van der Waals surface area contributed by atoms with E-state index in [0.717, 1.165) is 10.9 Å². The molecule has 140 valence electrons. The summed E-state index contributed by atoms with van der Waals surface area (Å²) in [7, 11) is 0. The van der Waals surface area contributed by atoms with Crippen LogP contribution in [0.15, 0.2) is 72.8 Å². The van der Waals surface area contributed by atoms with Crippen LogP contribution in [0.4, 0.5) is 0 Å². The van der Waals surface area contributed by atoms with Crippen molar-refractivity contribution in [2.45, 2.75) is 20.0 Å². The van der Waals surface area contributed by atoms with Gasteiger partial charge in [0.25, 0.3) is 0 Å². The van der Waals surface area contributed by atoms with Gasteiger partial charge in [-0.3, -0.25) is 0 Å². The lowest BCUT2D eigenvalue weighted by Crippen LogP contribution is -2.06. The third-order valence-corrected chi connectivity index (χ3v) is 4.13. The average Bonchev–Trinajstić information content (AvgIpc) is 2.69. The van der Waals surface area contributed by atoms with Crippen LogP contribution in [0.2, 0.25) is 0 Å². The number of hydrogen-bond donors (Lipinski definition) is 1. The van der Waals surface area contributed by atoms with Crippen LogP contribution in [0.5, 0.6) is 23.1 Å². The zero-order chi connectivity index (χ0) is 19.5. The first kappa shape index (κ1) is 17.8. The molecule has 5 nitrogen and oxygen atoms in total. The fraction of sp³-hybridized carbons (Fsp3) is 0.130. The van der Waals surface area contributed by atoms with Crippen molar-refractivity contribution in [2.24, 2.45) is 0 Å². The topological polar surface area (TPSA) is 64.5 Å². The highest BCUT2D eigenvalue weighted by molar-refractivity contribution is 5.86. The van der Waals surface area contributed by atoms with Gasteiger partial charge in [-0.25, -0.2) is 4.98 Å². The Balaban J connectivity index is 1.84. The van der Waals surface area contributed by atoms with Crippen molar-refractivity contribution in [1.29, 1.82) is 0 Å². The standard InChI is InChI=1S/C23H20N2O3/c1-15(2)27-20-13-7-8-14-21(20)28-23-16-9-3-5-11-18(16)24-22(25-23)17-10-4-6-12-19(17)26/h3-15,26H,1-2H3. The first-order valence-corrected chi connectivity index (χ1v) is 9.10. The summed E-state index contributed by atoms with van der Waals surface area (Å²) in [6, 6.07) is 22.1. The third-order valence-electron chi connectivity index (χ3n) is 4.13. The SMILES string of the molecule is CC(C)Oc1ccccc1Oc1nc(-c2ccccc2O)nc2ccccc12. The Morgan fingerprint density at radius 2 is 1.46 bits per heavy atom. The van der Waals surface area contributed by atoms with E-state index in [1.165, 1.54) is 0 Å². The van der Waals surface area contributed by atoms with Gasteiger partial charge in [0.15, 0.2) is 17.3 Å². The van der Waals surface area contributed by atoms with Crippen molar-refractivity contribution >= 4 is 10.9 Å². The predicted octanol–water partition coefficient (Wildman–Crippen LogP) is 5.58. The molecule has 0 bridgehead atoms. The Morgan fingerprint density at radius 1 is 0.786 bits per heavy atom. The summed E-state index contributed by atoms with van der Waals surface area (Å²) in [4.78, 5) is 9.20. The number of aromatic hydroxyl groups is 1. The van der Waals surface area contributed by atoms with Crippen LogP contribution in [0.3, 0.4) is 0 Å². The highest BCUT2D eigenvalue weighted by Crippen LogP contribution is 2.36. The molecule has 1 heterocycles. The minimum absolute atomic E-state index is 0.0173. The smallest absolute Gasteiger partial charge is 0.230 e. The molecule has 0 amide bonds. The number of phenols is 1. The third kappa shape index (κ3) is 3.60. The molecule has 4 rings (SSSR count). The van der Waals surface area contributed by atoms with E-state index in [2.05, 4.69) is 9.97 Å². The quantitative estimate of drug-likeness (QED) is 0.495. The molecule has 0 atom stereocenters. The Morgan fingerprint density at radius 3 is 2.25 bits per heavy atom. The largest absolute Gasteiger partial charge is 0.507 e. The zero-order valence-electron chi connectivity index (χ0n) is 15.7. The van der Waals surface area contributed by atoms with Crippen LogP contribution in [-0.4, -0.2) is 21.2 Å². The fourth-order valence-corrected chi connectivity index (χ4v) is 2.90. The molecule has 0 saturated carbocycles. The average molecular weight is 372 g/mol. The molecule has 28 heavy (non-hydrogen) atoms. The predicted molar refractivity (Wildman–Crippen MR) is 109 cm³/mol. The van der Waals surface area contributed by atoms with Crippen LogP contribution < -0.4 is 9.47 Å². The summed E-state index contributed by atoms with van der Waals surface area (Å²) in [5.74, 6) is 2.14.